The molecule has 16 heavy (non-hydrogen) atoms. The summed E-state index contributed by atoms with van der Waals surface area (Å²) < 4.78 is 43.3. The van der Waals surface area contributed by atoms with Gasteiger partial charge in [0.05, 0.1) is 12.5 Å². The molecule has 1 fully saturated rings. The molecule has 0 unspecified atom stereocenters. The van der Waals surface area contributed by atoms with Gasteiger partial charge in [-0.1, -0.05) is 0 Å². The van der Waals surface area contributed by atoms with E-state index in [0.717, 1.165) is 0 Å². The molecule has 0 aromatic rings. The second kappa shape index (κ2) is 5.84. The van der Waals surface area contributed by atoms with E-state index in [0.29, 0.717) is 26.2 Å². The molecule has 0 spiro atoms. The molecule has 0 aromatic heterocycles. The van der Waals surface area contributed by atoms with E-state index in [9.17, 15) is 13.2 Å². The van der Waals surface area contributed by atoms with Crippen LogP contribution in [0.15, 0.2) is 0 Å². The van der Waals surface area contributed by atoms with Gasteiger partial charge >= 0.3 is 6.18 Å². The van der Waals surface area contributed by atoms with Crippen LogP contribution in [0, 0.1) is 11.8 Å². The highest BCUT2D eigenvalue weighted by molar-refractivity contribution is 4.88. The minimum atomic E-state index is -4.13. The maximum absolute atomic E-state index is 12.7. The Bertz CT molecular complexity index is 211. The van der Waals surface area contributed by atoms with E-state index in [-0.39, 0.29) is 13.2 Å². The molecule has 96 valence electrons. The number of hydrogen-bond donors (Lipinski definition) is 1. The first-order valence-corrected chi connectivity index (χ1v) is 5.56. The zero-order valence-corrected chi connectivity index (χ0v) is 9.46. The molecule has 1 aliphatic heterocycles. The third-order valence-corrected chi connectivity index (χ3v) is 2.92. The third-order valence-electron chi connectivity index (χ3n) is 2.92. The summed E-state index contributed by atoms with van der Waals surface area (Å²) in [5, 5.41) is 0. The third kappa shape index (κ3) is 3.61. The van der Waals surface area contributed by atoms with Gasteiger partial charge in [0.1, 0.15) is 0 Å². The lowest BCUT2D eigenvalue weighted by Gasteiger charge is -2.20. The predicted molar refractivity (Wildman–Crippen MR) is 55.0 cm³/mol. The highest BCUT2D eigenvalue weighted by Gasteiger charge is 2.49. The first-order chi connectivity index (χ1) is 7.49. The molecule has 6 heteroatoms. The van der Waals surface area contributed by atoms with Crippen molar-refractivity contribution in [1.82, 2.24) is 4.90 Å². The van der Waals surface area contributed by atoms with Gasteiger partial charge in [0.15, 0.2) is 0 Å². The van der Waals surface area contributed by atoms with Crippen molar-refractivity contribution in [2.45, 2.75) is 13.1 Å². The first kappa shape index (κ1) is 13.7. The lowest BCUT2D eigenvalue weighted by molar-refractivity contribution is -0.184. The molecular formula is C10H19F3N2O. The number of ether oxygens (including phenoxy) is 1. The van der Waals surface area contributed by atoms with Crippen LogP contribution in [0.5, 0.6) is 0 Å². The zero-order chi connectivity index (χ0) is 12.2. The average molecular weight is 240 g/mol. The zero-order valence-electron chi connectivity index (χ0n) is 9.46. The topological polar surface area (TPSA) is 38.5 Å². The summed E-state index contributed by atoms with van der Waals surface area (Å²) in [6.45, 7) is 3.83. The summed E-state index contributed by atoms with van der Waals surface area (Å²) in [4.78, 5) is 1.77. The number of rotatable bonds is 5. The maximum Gasteiger partial charge on any atom is 0.393 e. The average Bonchev–Trinajstić information content (AvgIpc) is 2.58. The molecule has 0 radical (unpaired) electrons. The van der Waals surface area contributed by atoms with Crippen molar-refractivity contribution in [1.29, 1.82) is 0 Å². The number of nitrogens with zero attached hydrogens (tertiary/aromatic N) is 1. The Labute approximate surface area is 93.7 Å². The van der Waals surface area contributed by atoms with E-state index < -0.39 is 18.0 Å². The molecule has 0 aromatic carbocycles. The summed E-state index contributed by atoms with van der Waals surface area (Å²) in [5.41, 5.74) is 5.35. The highest BCUT2D eigenvalue weighted by Crippen LogP contribution is 2.37. The number of alkyl halides is 3. The minimum absolute atomic E-state index is 0.0540. The Morgan fingerprint density at radius 1 is 1.38 bits per heavy atom. The lowest BCUT2D eigenvalue weighted by atomic mass is 9.96. The molecule has 1 saturated heterocycles. The number of halogens is 3. The molecule has 0 aliphatic carbocycles. The van der Waals surface area contributed by atoms with Crippen molar-refractivity contribution in [2.75, 3.05) is 39.4 Å². The summed E-state index contributed by atoms with van der Waals surface area (Å²) in [5.74, 6) is -1.72. The lowest BCUT2D eigenvalue weighted by Crippen LogP contribution is -2.32. The summed E-state index contributed by atoms with van der Waals surface area (Å²) in [6.07, 6.45) is -4.13. The molecule has 1 aliphatic rings. The van der Waals surface area contributed by atoms with Crippen LogP contribution >= 0.6 is 0 Å². The Balaban J connectivity index is 2.56. The van der Waals surface area contributed by atoms with Crippen LogP contribution in [0.3, 0.4) is 0 Å². The quantitative estimate of drug-likeness (QED) is 0.782. The van der Waals surface area contributed by atoms with Crippen LogP contribution in [-0.4, -0.2) is 50.5 Å². The van der Waals surface area contributed by atoms with Crippen molar-refractivity contribution >= 4 is 0 Å². The van der Waals surface area contributed by atoms with E-state index in [2.05, 4.69) is 0 Å². The molecule has 1 rings (SSSR count). The van der Waals surface area contributed by atoms with Crippen LogP contribution < -0.4 is 5.73 Å². The Hall–Kier alpha value is -0.330. The van der Waals surface area contributed by atoms with Crippen molar-refractivity contribution in [3.63, 3.8) is 0 Å². The van der Waals surface area contributed by atoms with Crippen molar-refractivity contribution < 1.29 is 17.9 Å². The molecule has 0 bridgehead atoms. The van der Waals surface area contributed by atoms with Crippen molar-refractivity contribution in [3.8, 4) is 0 Å². The van der Waals surface area contributed by atoms with E-state index in [1.165, 1.54) is 0 Å². The standard InChI is InChI=1S/C10H19F3N2O/c1-2-16-7-8-5-15(4-3-14)6-9(8)10(11,12)13/h8-9H,2-7,14H2,1H3/t8-,9+/m0/s1. The molecule has 0 amide bonds. The van der Waals surface area contributed by atoms with Crippen molar-refractivity contribution in [2.24, 2.45) is 17.6 Å². The minimum Gasteiger partial charge on any atom is -0.381 e. The smallest absolute Gasteiger partial charge is 0.381 e. The maximum atomic E-state index is 12.7. The van der Waals surface area contributed by atoms with E-state index in [1.54, 1.807) is 11.8 Å². The van der Waals surface area contributed by atoms with Gasteiger partial charge in [-0.25, -0.2) is 0 Å². The van der Waals surface area contributed by atoms with Gasteiger partial charge in [-0.3, -0.25) is 0 Å². The van der Waals surface area contributed by atoms with Gasteiger partial charge in [0, 0.05) is 38.7 Å². The molecule has 2 N–H and O–H groups in total. The Morgan fingerprint density at radius 2 is 2.06 bits per heavy atom. The summed E-state index contributed by atoms with van der Waals surface area (Å²) in [6, 6.07) is 0. The van der Waals surface area contributed by atoms with E-state index >= 15 is 0 Å². The van der Waals surface area contributed by atoms with Gasteiger partial charge < -0.3 is 15.4 Å². The fourth-order valence-electron chi connectivity index (χ4n) is 2.13. The van der Waals surface area contributed by atoms with Gasteiger partial charge in [-0.15, -0.1) is 0 Å². The molecule has 0 saturated carbocycles. The molecule has 2 atom stereocenters. The predicted octanol–water partition coefficient (Wildman–Crippen LogP) is 1.09. The Morgan fingerprint density at radius 3 is 2.56 bits per heavy atom. The van der Waals surface area contributed by atoms with Gasteiger partial charge in [-0.05, 0) is 6.92 Å². The fraction of sp³-hybridized carbons (Fsp3) is 1.00. The highest BCUT2D eigenvalue weighted by atomic mass is 19.4. The first-order valence-electron chi connectivity index (χ1n) is 5.56. The Kier molecular flexibility index (Phi) is 5.01. The summed E-state index contributed by atoms with van der Waals surface area (Å²) in [7, 11) is 0. The second-order valence-corrected chi connectivity index (χ2v) is 4.12. The fourth-order valence-corrected chi connectivity index (χ4v) is 2.13. The second-order valence-electron chi connectivity index (χ2n) is 4.12. The van der Waals surface area contributed by atoms with E-state index in [1.807, 2.05) is 0 Å². The van der Waals surface area contributed by atoms with Gasteiger partial charge in [0.2, 0.25) is 0 Å². The molecule has 1 heterocycles. The van der Waals surface area contributed by atoms with Crippen molar-refractivity contribution in [3.05, 3.63) is 0 Å². The SMILES string of the molecule is CCOC[C@@H]1CN(CCN)C[C@H]1C(F)(F)F. The number of likely N-dealkylation sites (tertiary alicyclic amines) is 1. The van der Waals surface area contributed by atoms with Crippen LogP contribution in [0.4, 0.5) is 13.2 Å². The van der Waals surface area contributed by atoms with Crippen LogP contribution in [-0.2, 0) is 4.74 Å². The monoisotopic (exact) mass is 240 g/mol. The van der Waals surface area contributed by atoms with Gasteiger partial charge in [-0.2, -0.15) is 13.2 Å². The molecular weight excluding hydrogens is 221 g/mol. The van der Waals surface area contributed by atoms with Crippen LogP contribution in [0.1, 0.15) is 6.92 Å². The number of hydrogen-bond acceptors (Lipinski definition) is 3. The largest absolute Gasteiger partial charge is 0.393 e. The summed E-state index contributed by atoms with van der Waals surface area (Å²) >= 11 is 0. The molecule has 3 nitrogen and oxygen atoms in total. The van der Waals surface area contributed by atoms with Gasteiger partial charge in [0.25, 0.3) is 0 Å². The van der Waals surface area contributed by atoms with Crippen LogP contribution in [0.25, 0.3) is 0 Å². The van der Waals surface area contributed by atoms with Crippen LogP contribution in [0.2, 0.25) is 0 Å². The number of nitrogens with two attached hydrogens (primary N) is 1. The van der Waals surface area contributed by atoms with E-state index in [4.69, 9.17) is 10.5 Å². The normalized spacial score (nSPS) is 27.6.